The number of nitro groups is 1. The van der Waals surface area contributed by atoms with E-state index in [-0.39, 0.29) is 23.9 Å². The number of nitrogens with one attached hydrogen (secondary N) is 3. The lowest BCUT2D eigenvalue weighted by atomic mass is 9.81. The number of H-pyrrole nitrogens is 1. The average molecular weight is 911 g/mol. The summed E-state index contributed by atoms with van der Waals surface area (Å²) in [5.41, 5.74) is 6.55. The van der Waals surface area contributed by atoms with Gasteiger partial charge in [0.1, 0.15) is 17.0 Å². The smallest absolute Gasteiger partial charge is 0.293 e. The van der Waals surface area contributed by atoms with Crippen LogP contribution in [0, 0.1) is 16.0 Å². The highest BCUT2D eigenvalue weighted by molar-refractivity contribution is 7.90. The lowest BCUT2D eigenvalue weighted by Crippen LogP contribution is -2.47. The molecule has 1 amide bonds. The summed E-state index contributed by atoms with van der Waals surface area (Å²) in [7, 11) is -4.59. The molecule has 336 valence electrons. The number of nitrogens with zero attached hydrogens (tertiary/aromatic N) is 5. The van der Waals surface area contributed by atoms with E-state index in [0.29, 0.717) is 68.2 Å². The highest BCUT2D eigenvalue weighted by atomic mass is 35.5. The fraction of sp³-hybridized carbons (Fsp3) is 0.391. The van der Waals surface area contributed by atoms with Gasteiger partial charge in [-0.15, -0.1) is 0 Å². The first kappa shape index (κ1) is 43.5. The van der Waals surface area contributed by atoms with Gasteiger partial charge in [-0.25, -0.2) is 13.1 Å². The van der Waals surface area contributed by atoms with Gasteiger partial charge in [-0.2, -0.15) is 4.98 Å². The molecule has 18 heteroatoms. The molecule has 3 aliphatic heterocycles. The number of benzene rings is 3. The van der Waals surface area contributed by atoms with Gasteiger partial charge in [0.15, 0.2) is 0 Å². The normalized spacial score (nSPS) is 19.8. The van der Waals surface area contributed by atoms with Crippen LogP contribution >= 0.6 is 11.6 Å². The minimum atomic E-state index is -4.59. The topological polar surface area (TPSA) is 185 Å². The SMILES string of the molecule is C[C@@H]1CCC(CN2CCN(c3ccc(C(=O)NS(=O)(=O)c4ccc(NC[C@H]5COCCO5)c([N+](=O)[O-])c4)c(N4CCCOc5nc6[nH]ccc6cc54)c3)CC2)=C(c2ccc(Cl)cc2)C1. The molecule has 64 heavy (non-hydrogen) atoms. The Morgan fingerprint density at radius 1 is 0.984 bits per heavy atom. The second-order valence-electron chi connectivity index (χ2n) is 16.8. The highest BCUT2D eigenvalue weighted by Crippen LogP contribution is 2.41. The maximum atomic E-state index is 14.3. The summed E-state index contributed by atoms with van der Waals surface area (Å²) in [6, 6.07) is 21.0. The van der Waals surface area contributed by atoms with Crippen molar-refractivity contribution in [2.45, 2.75) is 43.6 Å². The Morgan fingerprint density at radius 3 is 2.59 bits per heavy atom. The van der Waals surface area contributed by atoms with Crippen molar-refractivity contribution in [3.8, 4) is 5.88 Å². The Balaban J connectivity index is 0.985. The number of fused-ring (bicyclic) bond motifs is 2. The second-order valence-corrected chi connectivity index (χ2v) is 18.9. The van der Waals surface area contributed by atoms with Gasteiger partial charge in [0.2, 0.25) is 5.88 Å². The fourth-order valence-corrected chi connectivity index (χ4v) is 10.1. The molecule has 2 aromatic heterocycles. The van der Waals surface area contributed by atoms with E-state index in [4.69, 9.17) is 30.8 Å². The summed E-state index contributed by atoms with van der Waals surface area (Å²) in [6.07, 6.45) is 5.36. The number of ether oxygens (including phenoxy) is 3. The number of sulfonamides is 1. The Labute approximate surface area is 376 Å². The Bertz CT molecular complexity index is 2680. The number of amides is 1. The number of allylic oxidation sites excluding steroid dienone is 1. The fourth-order valence-electron chi connectivity index (χ4n) is 8.99. The molecule has 0 bridgehead atoms. The number of halogens is 1. The number of pyridine rings is 1. The minimum Gasteiger partial charge on any atom is -0.476 e. The highest BCUT2D eigenvalue weighted by Gasteiger charge is 2.31. The van der Waals surface area contributed by atoms with E-state index in [1.807, 2.05) is 41.3 Å². The van der Waals surface area contributed by atoms with Crippen molar-refractivity contribution in [3.63, 3.8) is 0 Å². The zero-order valence-electron chi connectivity index (χ0n) is 35.6. The number of hydrogen-bond donors (Lipinski definition) is 3. The minimum absolute atomic E-state index is 0.101. The Morgan fingerprint density at radius 2 is 1.81 bits per heavy atom. The number of anilines is 4. The largest absolute Gasteiger partial charge is 0.476 e. The van der Waals surface area contributed by atoms with Crippen molar-refractivity contribution in [1.82, 2.24) is 19.6 Å². The zero-order valence-corrected chi connectivity index (χ0v) is 37.1. The monoisotopic (exact) mass is 910 g/mol. The molecule has 2 atom stereocenters. The molecule has 3 N–H and O–H groups in total. The van der Waals surface area contributed by atoms with Crippen LogP contribution in [0.25, 0.3) is 16.6 Å². The molecule has 0 spiro atoms. The molecule has 5 heterocycles. The molecule has 5 aromatic rings. The van der Waals surface area contributed by atoms with Crippen molar-refractivity contribution >= 4 is 72.6 Å². The van der Waals surface area contributed by atoms with Crippen molar-refractivity contribution in [1.29, 1.82) is 0 Å². The van der Waals surface area contributed by atoms with Crippen LogP contribution in [0.5, 0.6) is 5.88 Å². The molecule has 2 fully saturated rings. The van der Waals surface area contributed by atoms with E-state index >= 15 is 0 Å². The summed E-state index contributed by atoms with van der Waals surface area (Å²) in [4.78, 5) is 40.0. The number of piperazine rings is 1. The van der Waals surface area contributed by atoms with E-state index < -0.39 is 31.4 Å². The van der Waals surface area contributed by atoms with Crippen LogP contribution in [0.15, 0.2) is 89.5 Å². The van der Waals surface area contributed by atoms with E-state index in [0.717, 1.165) is 67.7 Å². The summed E-state index contributed by atoms with van der Waals surface area (Å²) in [5.74, 6) is 0.120. The van der Waals surface area contributed by atoms with Crippen molar-refractivity contribution in [2.75, 3.05) is 87.4 Å². The predicted octanol–water partition coefficient (Wildman–Crippen LogP) is 7.39. The van der Waals surface area contributed by atoms with Crippen molar-refractivity contribution < 1.29 is 32.3 Å². The van der Waals surface area contributed by atoms with E-state index in [9.17, 15) is 23.3 Å². The first-order chi connectivity index (χ1) is 31.0. The first-order valence-corrected chi connectivity index (χ1v) is 23.6. The lowest BCUT2D eigenvalue weighted by Gasteiger charge is -2.38. The van der Waals surface area contributed by atoms with Gasteiger partial charge in [0, 0.05) is 74.2 Å². The number of aromatic nitrogens is 2. The maximum absolute atomic E-state index is 14.3. The molecule has 16 nitrogen and oxygen atoms in total. The van der Waals surface area contributed by atoms with Crippen molar-refractivity contribution in [2.24, 2.45) is 5.92 Å². The molecule has 9 rings (SSSR count). The molecular weight excluding hydrogens is 860 g/mol. The molecule has 4 aliphatic rings. The second kappa shape index (κ2) is 18.8. The Kier molecular flexibility index (Phi) is 12.8. The van der Waals surface area contributed by atoms with Crippen LogP contribution in [0.2, 0.25) is 5.02 Å². The summed E-state index contributed by atoms with van der Waals surface area (Å²) in [5, 5.41) is 16.7. The predicted molar refractivity (Wildman–Crippen MR) is 246 cm³/mol. The molecule has 0 saturated carbocycles. The number of hydrogen-bond acceptors (Lipinski definition) is 13. The van der Waals surface area contributed by atoms with Crippen LogP contribution in [-0.4, -0.2) is 112 Å². The number of nitro benzene ring substituents is 1. The number of aromatic amines is 1. The third-order valence-corrected chi connectivity index (χ3v) is 14.0. The van der Waals surface area contributed by atoms with E-state index in [1.165, 1.54) is 35.3 Å². The standard InChI is InChI=1S/C46H51ClN8O8S/c1-30-3-4-33(39(23-30)31-5-7-34(47)8-6-31)28-52-16-18-53(19-17-52)35-9-11-38(41(25-35)54-15-2-20-63-46-43(54)24-32-13-14-48-44(32)50-46)45(56)51-64(59,60)37-10-12-40(42(26-37)55(57)58)49-27-36-29-61-21-22-62-36/h5-14,24-26,30,36,49H,2-4,15-23,27-29H2,1H3,(H,48,50)(H,51,56)/t30-,36+/m1/s1. The number of carbonyl (C=O) groups is 1. The maximum Gasteiger partial charge on any atom is 0.293 e. The zero-order chi connectivity index (χ0) is 44.4. The van der Waals surface area contributed by atoms with Crippen molar-refractivity contribution in [3.05, 3.63) is 111 Å². The van der Waals surface area contributed by atoms with E-state index in [1.54, 1.807) is 12.3 Å². The van der Waals surface area contributed by atoms with Gasteiger partial charge in [-0.1, -0.05) is 36.2 Å². The van der Waals surface area contributed by atoms with Crippen LogP contribution in [-0.2, 0) is 19.5 Å². The molecule has 3 aromatic carbocycles. The number of rotatable bonds is 12. The van der Waals surface area contributed by atoms with Gasteiger partial charge in [-0.05, 0) is 97.3 Å². The molecular formula is C46H51ClN8O8S. The van der Waals surface area contributed by atoms with Crippen LogP contribution in [0.1, 0.15) is 48.5 Å². The van der Waals surface area contributed by atoms with Gasteiger partial charge < -0.3 is 34.3 Å². The summed E-state index contributed by atoms with van der Waals surface area (Å²) in [6.45, 7) is 8.65. The Hall–Kier alpha value is -5.72. The summed E-state index contributed by atoms with van der Waals surface area (Å²) < 4.78 is 47.2. The summed E-state index contributed by atoms with van der Waals surface area (Å²) >= 11 is 6.24. The molecule has 0 radical (unpaired) electrons. The van der Waals surface area contributed by atoms with Crippen LogP contribution in [0.3, 0.4) is 0 Å². The third kappa shape index (κ3) is 9.54. The molecule has 0 unspecified atom stereocenters. The molecule has 1 aliphatic carbocycles. The lowest BCUT2D eigenvalue weighted by molar-refractivity contribution is -0.384. The van der Waals surface area contributed by atoms with Gasteiger partial charge >= 0.3 is 0 Å². The van der Waals surface area contributed by atoms with E-state index in [2.05, 4.69) is 43.9 Å². The van der Waals surface area contributed by atoms with Gasteiger partial charge in [0.25, 0.3) is 21.6 Å². The quantitative estimate of drug-likeness (QED) is 0.0833. The van der Waals surface area contributed by atoms with Gasteiger partial charge in [0.05, 0.1) is 53.6 Å². The van der Waals surface area contributed by atoms with Gasteiger partial charge in [-0.3, -0.25) is 19.8 Å². The molecule has 2 saturated heterocycles. The number of carbonyl (C=O) groups excluding carboxylic acids is 1. The average Bonchev–Trinajstić information content (AvgIpc) is 3.66. The first-order valence-electron chi connectivity index (χ1n) is 21.7. The third-order valence-electron chi connectivity index (χ3n) is 12.4. The van der Waals surface area contributed by atoms with Crippen LogP contribution < -0.4 is 24.6 Å². The van der Waals surface area contributed by atoms with Crippen LogP contribution in [0.4, 0.5) is 28.4 Å².